The van der Waals surface area contributed by atoms with E-state index >= 15 is 0 Å². The molecule has 0 amide bonds. The highest BCUT2D eigenvalue weighted by Crippen LogP contribution is 2.12. The predicted octanol–water partition coefficient (Wildman–Crippen LogP) is 4.03. The molecule has 0 aliphatic carbocycles. The van der Waals surface area contributed by atoms with Gasteiger partial charge >= 0.3 is 0 Å². The van der Waals surface area contributed by atoms with Gasteiger partial charge in [-0.2, -0.15) is 0 Å². The summed E-state index contributed by atoms with van der Waals surface area (Å²) >= 11 is 0. The minimum Gasteiger partial charge on any atom is -0.289 e. The van der Waals surface area contributed by atoms with E-state index in [4.69, 9.17) is 0 Å². The van der Waals surface area contributed by atoms with Crippen LogP contribution in [0, 0.1) is 5.92 Å². The first-order valence-corrected chi connectivity index (χ1v) is 5.77. The monoisotopic (exact) mass is 216 g/mol. The number of rotatable bonds is 4. The van der Waals surface area contributed by atoms with Crippen LogP contribution in [0.4, 0.5) is 0 Å². The van der Waals surface area contributed by atoms with Crippen LogP contribution in [0.1, 0.15) is 43.6 Å². The second-order valence-electron chi connectivity index (χ2n) is 4.88. The molecule has 0 fully saturated rings. The Morgan fingerprint density at radius 2 is 2.00 bits per heavy atom. The van der Waals surface area contributed by atoms with Gasteiger partial charge in [0.1, 0.15) is 0 Å². The van der Waals surface area contributed by atoms with Crippen molar-refractivity contribution in [1.29, 1.82) is 0 Å². The lowest BCUT2D eigenvalue weighted by molar-refractivity contribution is 0.104. The highest BCUT2D eigenvalue weighted by Gasteiger charge is 2.04. The van der Waals surface area contributed by atoms with Crippen LogP contribution < -0.4 is 0 Å². The fourth-order valence-electron chi connectivity index (χ4n) is 1.67. The van der Waals surface area contributed by atoms with E-state index in [-0.39, 0.29) is 5.78 Å². The van der Waals surface area contributed by atoms with Gasteiger partial charge in [-0.05, 0) is 43.9 Å². The molecule has 0 radical (unpaired) electrons. The summed E-state index contributed by atoms with van der Waals surface area (Å²) in [5, 5.41) is 0. The van der Waals surface area contributed by atoms with Crippen LogP contribution in [-0.4, -0.2) is 5.78 Å². The first-order valence-electron chi connectivity index (χ1n) is 5.77. The molecule has 0 atom stereocenters. The summed E-state index contributed by atoms with van der Waals surface area (Å²) in [5.41, 5.74) is 3.07. The van der Waals surface area contributed by atoms with Gasteiger partial charge in [0, 0.05) is 5.56 Å². The van der Waals surface area contributed by atoms with Crippen LogP contribution in [0.5, 0.6) is 0 Å². The molecule has 0 unspecified atom stereocenters. The maximum atomic E-state index is 11.8. The molecular weight excluding hydrogens is 196 g/mol. The third kappa shape index (κ3) is 4.01. The molecule has 0 aromatic heterocycles. The first kappa shape index (κ1) is 12.7. The Labute approximate surface area is 98.2 Å². The molecule has 1 aromatic carbocycles. The van der Waals surface area contributed by atoms with Crippen LogP contribution in [-0.2, 0) is 6.42 Å². The molecule has 0 spiro atoms. The summed E-state index contributed by atoms with van der Waals surface area (Å²) in [6, 6.07) is 7.93. The summed E-state index contributed by atoms with van der Waals surface area (Å²) in [7, 11) is 0. The largest absolute Gasteiger partial charge is 0.289 e. The number of carbonyl (C=O) groups excluding carboxylic acids is 1. The van der Waals surface area contributed by atoms with Crippen molar-refractivity contribution in [2.45, 2.75) is 34.1 Å². The molecule has 0 bridgehead atoms. The van der Waals surface area contributed by atoms with Gasteiger partial charge in [-0.25, -0.2) is 0 Å². The minimum atomic E-state index is 0.102. The number of hydrogen-bond acceptors (Lipinski definition) is 1. The molecule has 0 heterocycles. The molecule has 16 heavy (non-hydrogen) atoms. The standard InChI is InChI=1S/C15H20O/c1-11(2)8-13-6-5-7-14(10-13)15(16)9-12(3)4/h5-7,9-11H,8H2,1-4H3. The van der Waals surface area contributed by atoms with Crippen molar-refractivity contribution >= 4 is 5.78 Å². The van der Waals surface area contributed by atoms with Crippen molar-refractivity contribution in [2.75, 3.05) is 0 Å². The summed E-state index contributed by atoms with van der Waals surface area (Å²) in [5.74, 6) is 0.722. The third-order valence-corrected chi connectivity index (χ3v) is 2.28. The zero-order valence-electron chi connectivity index (χ0n) is 10.6. The van der Waals surface area contributed by atoms with Crippen molar-refractivity contribution in [1.82, 2.24) is 0 Å². The lowest BCUT2D eigenvalue weighted by Crippen LogP contribution is -1.99. The Balaban J connectivity index is 2.90. The molecule has 0 aliphatic heterocycles. The van der Waals surface area contributed by atoms with E-state index in [2.05, 4.69) is 19.9 Å². The molecule has 0 saturated heterocycles. The average molecular weight is 216 g/mol. The second kappa shape index (κ2) is 5.64. The van der Waals surface area contributed by atoms with Crippen molar-refractivity contribution in [3.63, 3.8) is 0 Å². The molecule has 0 aliphatic rings. The van der Waals surface area contributed by atoms with Crippen molar-refractivity contribution in [2.24, 2.45) is 5.92 Å². The Kier molecular flexibility index (Phi) is 4.48. The maximum absolute atomic E-state index is 11.8. The van der Waals surface area contributed by atoms with Gasteiger partial charge in [-0.15, -0.1) is 0 Å². The zero-order chi connectivity index (χ0) is 12.1. The van der Waals surface area contributed by atoms with E-state index in [1.807, 2.05) is 32.0 Å². The first-order chi connectivity index (χ1) is 7.49. The van der Waals surface area contributed by atoms with Crippen LogP contribution in [0.2, 0.25) is 0 Å². The Hall–Kier alpha value is -1.37. The molecule has 1 nitrogen and oxygen atoms in total. The van der Waals surface area contributed by atoms with Gasteiger partial charge < -0.3 is 0 Å². The Morgan fingerprint density at radius 1 is 1.31 bits per heavy atom. The van der Waals surface area contributed by atoms with E-state index in [1.165, 1.54) is 5.56 Å². The average Bonchev–Trinajstić information content (AvgIpc) is 2.16. The van der Waals surface area contributed by atoms with E-state index < -0.39 is 0 Å². The van der Waals surface area contributed by atoms with Gasteiger partial charge in [-0.1, -0.05) is 37.6 Å². The normalized spacial score (nSPS) is 10.3. The molecule has 1 heteroatoms. The minimum absolute atomic E-state index is 0.102. The van der Waals surface area contributed by atoms with Gasteiger partial charge in [-0.3, -0.25) is 4.79 Å². The van der Waals surface area contributed by atoms with Crippen LogP contribution >= 0.6 is 0 Å². The van der Waals surface area contributed by atoms with E-state index in [0.29, 0.717) is 5.92 Å². The fourth-order valence-corrected chi connectivity index (χ4v) is 1.67. The third-order valence-electron chi connectivity index (χ3n) is 2.28. The number of ketones is 1. The molecular formula is C15H20O. The van der Waals surface area contributed by atoms with Gasteiger partial charge in [0.05, 0.1) is 0 Å². The smallest absolute Gasteiger partial charge is 0.185 e. The molecule has 1 aromatic rings. The molecule has 0 N–H and O–H groups in total. The van der Waals surface area contributed by atoms with E-state index in [9.17, 15) is 4.79 Å². The summed E-state index contributed by atoms with van der Waals surface area (Å²) in [6.45, 7) is 8.25. The lowest BCUT2D eigenvalue weighted by atomic mass is 9.99. The van der Waals surface area contributed by atoms with Crippen molar-refractivity contribution in [3.05, 3.63) is 47.0 Å². The quantitative estimate of drug-likeness (QED) is 0.548. The highest BCUT2D eigenvalue weighted by molar-refractivity contribution is 6.04. The maximum Gasteiger partial charge on any atom is 0.185 e. The highest BCUT2D eigenvalue weighted by atomic mass is 16.1. The van der Waals surface area contributed by atoms with E-state index in [1.54, 1.807) is 6.08 Å². The number of hydrogen-bond donors (Lipinski definition) is 0. The van der Waals surface area contributed by atoms with Crippen LogP contribution in [0.15, 0.2) is 35.9 Å². The van der Waals surface area contributed by atoms with Gasteiger partial charge in [0.25, 0.3) is 0 Å². The topological polar surface area (TPSA) is 17.1 Å². The van der Waals surface area contributed by atoms with Crippen molar-refractivity contribution < 1.29 is 4.79 Å². The number of carbonyl (C=O) groups is 1. The van der Waals surface area contributed by atoms with Gasteiger partial charge in [0.15, 0.2) is 5.78 Å². The summed E-state index contributed by atoms with van der Waals surface area (Å²) < 4.78 is 0. The van der Waals surface area contributed by atoms with Gasteiger partial charge in [0.2, 0.25) is 0 Å². The predicted molar refractivity (Wildman–Crippen MR) is 68.7 cm³/mol. The van der Waals surface area contributed by atoms with Crippen LogP contribution in [0.3, 0.4) is 0 Å². The van der Waals surface area contributed by atoms with E-state index in [0.717, 1.165) is 17.6 Å². The summed E-state index contributed by atoms with van der Waals surface area (Å²) in [6.07, 6.45) is 2.71. The zero-order valence-corrected chi connectivity index (χ0v) is 10.6. The lowest BCUT2D eigenvalue weighted by Gasteiger charge is -2.06. The number of benzene rings is 1. The Bertz CT molecular complexity index is 396. The summed E-state index contributed by atoms with van der Waals surface area (Å²) in [4.78, 5) is 11.8. The van der Waals surface area contributed by atoms with Crippen molar-refractivity contribution in [3.8, 4) is 0 Å². The van der Waals surface area contributed by atoms with Crippen LogP contribution in [0.25, 0.3) is 0 Å². The molecule has 1 rings (SSSR count). The number of allylic oxidation sites excluding steroid dienone is 2. The fraction of sp³-hybridized carbons (Fsp3) is 0.400. The SMILES string of the molecule is CC(C)=CC(=O)c1cccc(CC(C)C)c1. The molecule has 86 valence electrons. The molecule has 0 saturated carbocycles. The second-order valence-corrected chi connectivity index (χ2v) is 4.88. The Morgan fingerprint density at radius 3 is 2.56 bits per heavy atom.